The van der Waals surface area contributed by atoms with Crippen molar-refractivity contribution in [2.75, 3.05) is 7.05 Å². The van der Waals surface area contributed by atoms with Gasteiger partial charge in [-0.1, -0.05) is 23.7 Å². The standard InChI is InChI=1S/C12H10ClN3O3S/c1-14-10(17)9-6-20-11(15-12(18)19)16(9)8-5-3-2-4-7(8)13/h2-6H,1H3,(H,14,17)(H,18,19). The second kappa shape index (κ2) is 5.89. The second-order valence-electron chi connectivity index (χ2n) is 3.66. The predicted molar refractivity (Wildman–Crippen MR) is 75.6 cm³/mol. The van der Waals surface area contributed by atoms with Crippen molar-refractivity contribution in [3.05, 3.63) is 45.2 Å². The average molecular weight is 312 g/mol. The van der Waals surface area contributed by atoms with E-state index in [9.17, 15) is 9.59 Å². The molecule has 2 aromatic rings. The first-order chi connectivity index (χ1) is 9.54. The molecule has 0 fully saturated rings. The fourth-order valence-corrected chi connectivity index (χ4v) is 2.71. The maximum atomic E-state index is 11.9. The third kappa shape index (κ3) is 2.73. The molecular formula is C12H10ClN3O3S. The number of carbonyl (C=O) groups is 2. The van der Waals surface area contributed by atoms with Crippen molar-refractivity contribution >= 4 is 34.9 Å². The molecule has 0 atom stereocenters. The lowest BCUT2D eigenvalue weighted by molar-refractivity contribution is 0.0956. The van der Waals surface area contributed by atoms with Crippen LogP contribution in [-0.2, 0) is 0 Å². The number of halogens is 1. The number of para-hydroxylation sites is 1. The van der Waals surface area contributed by atoms with Gasteiger partial charge < -0.3 is 10.4 Å². The van der Waals surface area contributed by atoms with Gasteiger partial charge in [-0.05, 0) is 12.1 Å². The predicted octanol–water partition coefficient (Wildman–Crippen LogP) is 2.13. The summed E-state index contributed by atoms with van der Waals surface area (Å²) in [7, 11) is 1.49. The Morgan fingerprint density at radius 2 is 2.10 bits per heavy atom. The molecule has 2 rings (SSSR count). The molecule has 1 heterocycles. The Bertz CT molecular complexity index is 736. The molecule has 1 aromatic carbocycles. The molecule has 8 heteroatoms. The van der Waals surface area contributed by atoms with E-state index in [0.29, 0.717) is 10.7 Å². The Hall–Kier alpha value is -2.12. The number of benzene rings is 1. The summed E-state index contributed by atoms with van der Waals surface area (Å²) in [5.41, 5.74) is 0.764. The molecule has 0 saturated heterocycles. The normalized spacial score (nSPS) is 11.4. The minimum Gasteiger partial charge on any atom is -0.463 e. The van der Waals surface area contributed by atoms with Crippen LogP contribution in [0.3, 0.4) is 0 Å². The van der Waals surface area contributed by atoms with Gasteiger partial charge in [-0.15, -0.1) is 16.3 Å². The van der Waals surface area contributed by atoms with Crippen LogP contribution in [0.5, 0.6) is 0 Å². The number of hydrogen-bond donors (Lipinski definition) is 2. The van der Waals surface area contributed by atoms with E-state index in [4.69, 9.17) is 16.7 Å². The van der Waals surface area contributed by atoms with Crippen LogP contribution in [0.2, 0.25) is 5.02 Å². The molecule has 0 bridgehead atoms. The van der Waals surface area contributed by atoms with Crippen LogP contribution in [0.25, 0.3) is 5.69 Å². The lowest BCUT2D eigenvalue weighted by atomic mass is 10.3. The molecular weight excluding hydrogens is 302 g/mol. The van der Waals surface area contributed by atoms with Crippen molar-refractivity contribution in [2.24, 2.45) is 4.99 Å². The van der Waals surface area contributed by atoms with Gasteiger partial charge in [-0.25, -0.2) is 4.79 Å². The third-order valence-electron chi connectivity index (χ3n) is 2.45. The molecule has 0 unspecified atom stereocenters. The zero-order chi connectivity index (χ0) is 14.7. The molecule has 0 aliphatic heterocycles. The van der Waals surface area contributed by atoms with Gasteiger partial charge >= 0.3 is 6.09 Å². The van der Waals surface area contributed by atoms with E-state index in [0.717, 1.165) is 11.3 Å². The molecule has 6 nitrogen and oxygen atoms in total. The summed E-state index contributed by atoms with van der Waals surface area (Å²) in [6.45, 7) is 0. The van der Waals surface area contributed by atoms with Crippen molar-refractivity contribution in [3.8, 4) is 5.69 Å². The molecule has 0 spiro atoms. The zero-order valence-corrected chi connectivity index (χ0v) is 11.9. The van der Waals surface area contributed by atoms with Crippen molar-refractivity contribution in [1.82, 2.24) is 9.88 Å². The Labute approximate surface area is 123 Å². The summed E-state index contributed by atoms with van der Waals surface area (Å²) in [6.07, 6.45) is -1.34. The van der Waals surface area contributed by atoms with Crippen molar-refractivity contribution < 1.29 is 14.7 Å². The van der Waals surface area contributed by atoms with Crippen molar-refractivity contribution in [2.45, 2.75) is 0 Å². The molecule has 2 N–H and O–H groups in total. The Morgan fingerprint density at radius 3 is 2.70 bits per heavy atom. The highest BCUT2D eigenvalue weighted by molar-refractivity contribution is 7.07. The van der Waals surface area contributed by atoms with Gasteiger partial charge in [0, 0.05) is 12.4 Å². The quantitative estimate of drug-likeness (QED) is 0.891. The highest BCUT2D eigenvalue weighted by Gasteiger charge is 2.16. The van der Waals surface area contributed by atoms with E-state index in [1.54, 1.807) is 24.3 Å². The van der Waals surface area contributed by atoms with Crippen LogP contribution in [0.1, 0.15) is 10.5 Å². The number of nitrogens with one attached hydrogen (secondary N) is 1. The summed E-state index contributed by atoms with van der Waals surface area (Å²) in [6, 6.07) is 6.82. The summed E-state index contributed by atoms with van der Waals surface area (Å²) < 4.78 is 1.42. The van der Waals surface area contributed by atoms with Crippen molar-refractivity contribution in [1.29, 1.82) is 0 Å². The number of amides is 2. The van der Waals surface area contributed by atoms with E-state index >= 15 is 0 Å². The number of carboxylic acid groups (broad SMARTS) is 1. The number of rotatable bonds is 2. The highest BCUT2D eigenvalue weighted by Crippen LogP contribution is 2.21. The van der Waals surface area contributed by atoms with Crippen LogP contribution in [-0.4, -0.2) is 28.7 Å². The largest absolute Gasteiger partial charge is 0.463 e. The van der Waals surface area contributed by atoms with Crippen LogP contribution in [0.15, 0.2) is 34.6 Å². The SMILES string of the molecule is CNC(=O)c1csc(=NC(=O)O)n1-c1ccccc1Cl. The Kier molecular flexibility index (Phi) is 4.21. The smallest absolute Gasteiger partial charge is 0.433 e. The first-order valence-corrected chi connectivity index (χ1v) is 6.75. The number of hydrogen-bond acceptors (Lipinski definition) is 3. The number of aromatic nitrogens is 1. The van der Waals surface area contributed by atoms with Gasteiger partial charge in [0.2, 0.25) is 4.80 Å². The summed E-state index contributed by atoms with van der Waals surface area (Å²) in [5, 5.41) is 13.2. The molecule has 0 aliphatic rings. The van der Waals surface area contributed by atoms with Crippen molar-refractivity contribution in [3.63, 3.8) is 0 Å². The van der Waals surface area contributed by atoms with Gasteiger partial charge in [0.25, 0.3) is 5.91 Å². The number of thiazole rings is 1. The van der Waals surface area contributed by atoms with Crippen LogP contribution in [0.4, 0.5) is 4.79 Å². The van der Waals surface area contributed by atoms with Gasteiger partial charge in [0.15, 0.2) is 0 Å². The highest BCUT2D eigenvalue weighted by atomic mass is 35.5. The van der Waals surface area contributed by atoms with Gasteiger partial charge in [-0.3, -0.25) is 9.36 Å². The lowest BCUT2D eigenvalue weighted by Crippen LogP contribution is -2.25. The van der Waals surface area contributed by atoms with Gasteiger partial charge in [0.05, 0.1) is 10.7 Å². The number of carbonyl (C=O) groups excluding carboxylic acids is 1. The fraction of sp³-hybridized carbons (Fsp3) is 0.0833. The summed E-state index contributed by atoms with van der Waals surface area (Å²) >= 11 is 7.15. The van der Waals surface area contributed by atoms with Gasteiger partial charge in [-0.2, -0.15) is 0 Å². The van der Waals surface area contributed by atoms with E-state index < -0.39 is 6.09 Å². The lowest BCUT2D eigenvalue weighted by Gasteiger charge is -2.09. The van der Waals surface area contributed by atoms with Crippen LogP contribution in [0, 0.1) is 0 Å². The monoisotopic (exact) mass is 311 g/mol. The summed E-state index contributed by atoms with van der Waals surface area (Å²) in [5.74, 6) is -0.354. The molecule has 20 heavy (non-hydrogen) atoms. The molecule has 104 valence electrons. The molecule has 0 radical (unpaired) electrons. The minimum atomic E-state index is -1.34. The Morgan fingerprint density at radius 1 is 1.40 bits per heavy atom. The first-order valence-electron chi connectivity index (χ1n) is 5.49. The van der Waals surface area contributed by atoms with Crippen LogP contribution >= 0.6 is 22.9 Å². The first kappa shape index (κ1) is 14.3. The molecule has 0 saturated carbocycles. The second-order valence-corrected chi connectivity index (χ2v) is 4.91. The van der Waals surface area contributed by atoms with E-state index in [-0.39, 0.29) is 16.4 Å². The van der Waals surface area contributed by atoms with E-state index in [1.165, 1.54) is 17.0 Å². The summed E-state index contributed by atoms with van der Waals surface area (Å²) in [4.78, 5) is 26.3. The Balaban J connectivity index is 2.77. The topological polar surface area (TPSA) is 83.7 Å². The molecule has 2 amide bonds. The zero-order valence-electron chi connectivity index (χ0n) is 10.3. The van der Waals surface area contributed by atoms with E-state index in [2.05, 4.69) is 10.3 Å². The maximum absolute atomic E-state index is 11.9. The van der Waals surface area contributed by atoms with E-state index in [1.807, 2.05) is 0 Å². The average Bonchev–Trinajstić information content (AvgIpc) is 2.81. The van der Waals surface area contributed by atoms with Gasteiger partial charge in [0.1, 0.15) is 5.69 Å². The van der Waals surface area contributed by atoms with Crippen LogP contribution < -0.4 is 10.1 Å². The number of nitrogens with zero attached hydrogens (tertiary/aromatic N) is 2. The molecule has 1 aromatic heterocycles. The third-order valence-corrected chi connectivity index (χ3v) is 3.60. The minimum absolute atomic E-state index is 0.157. The maximum Gasteiger partial charge on any atom is 0.433 e. The molecule has 0 aliphatic carbocycles. The fourth-order valence-electron chi connectivity index (χ4n) is 1.62.